The highest BCUT2D eigenvalue weighted by Crippen LogP contribution is 2.36. The van der Waals surface area contributed by atoms with Crippen molar-refractivity contribution in [2.45, 2.75) is 30.8 Å². The molecule has 0 saturated carbocycles. The molecule has 7 heteroatoms. The molecule has 0 aliphatic carbocycles. The molecule has 3 aromatic carbocycles. The van der Waals surface area contributed by atoms with Crippen molar-refractivity contribution in [1.29, 1.82) is 0 Å². The van der Waals surface area contributed by atoms with Gasteiger partial charge in [-0.3, -0.25) is 9.59 Å². The zero-order valence-electron chi connectivity index (χ0n) is 20.0. The van der Waals surface area contributed by atoms with Crippen LogP contribution in [0.2, 0.25) is 0 Å². The van der Waals surface area contributed by atoms with Crippen LogP contribution >= 0.6 is 0 Å². The Bertz CT molecular complexity index is 1050. The monoisotopic (exact) mass is 485 g/mol. The number of rotatable bonds is 12. The van der Waals surface area contributed by atoms with E-state index in [1.54, 1.807) is 6.08 Å². The first-order chi connectivity index (χ1) is 17.5. The van der Waals surface area contributed by atoms with Crippen LogP contribution in [-0.4, -0.2) is 35.6 Å². The minimum absolute atomic E-state index is 0.00645. The fourth-order valence-corrected chi connectivity index (χ4v) is 4.17. The van der Waals surface area contributed by atoms with Crippen LogP contribution in [0.1, 0.15) is 36.0 Å². The number of hydrogen-bond acceptors (Lipinski definition) is 3. The van der Waals surface area contributed by atoms with Crippen LogP contribution in [0.15, 0.2) is 104 Å². The van der Waals surface area contributed by atoms with Gasteiger partial charge < -0.3 is 21.1 Å². The summed E-state index contributed by atoms with van der Waals surface area (Å²) in [4.78, 5) is 37.2. The maximum absolute atomic E-state index is 13.4. The zero-order chi connectivity index (χ0) is 25.8. The van der Waals surface area contributed by atoms with Crippen LogP contribution in [0.25, 0.3) is 0 Å². The summed E-state index contributed by atoms with van der Waals surface area (Å²) < 4.78 is 0. The Kier molecular flexibility index (Phi) is 9.40. The molecule has 0 fully saturated rings. The fourth-order valence-electron chi connectivity index (χ4n) is 4.17. The number of hydrogen-bond donors (Lipinski definition) is 4. The Morgan fingerprint density at radius 2 is 1.31 bits per heavy atom. The molecule has 7 nitrogen and oxygen atoms in total. The second-order valence-electron chi connectivity index (χ2n) is 8.31. The van der Waals surface area contributed by atoms with Gasteiger partial charge >= 0.3 is 6.09 Å². The first kappa shape index (κ1) is 26.2. The number of carbonyl (C=O) groups is 3. The maximum atomic E-state index is 13.4. The highest BCUT2D eigenvalue weighted by Gasteiger charge is 2.38. The molecule has 0 aromatic heterocycles. The van der Waals surface area contributed by atoms with E-state index in [9.17, 15) is 19.5 Å². The van der Waals surface area contributed by atoms with Crippen LogP contribution in [-0.2, 0) is 15.1 Å². The van der Waals surface area contributed by atoms with Gasteiger partial charge in [-0.1, -0.05) is 97.1 Å². The molecule has 0 radical (unpaired) electrons. The molecule has 3 rings (SSSR count). The first-order valence-corrected chi connectivity index (χ1v) is 11.8. The number of carbonyl (C=O) groups excluding carboxylic acids is 2. The molecule has 3 amide bonds. The van der Waals surface area contributed by atoms with Crippen molar-refractivity contribution in [2.75, 3.05) is 6.54 Å². The van der Waals surface area contributed by atoms with Crippen molar-refractivity contribution in [3.8, 4) is 0 Å². The molecule has 0 spiro atoms. The minimum atomic E-state index is -1.33. The summed E-state index contributed by atoms with van der Waals surface area (Å²) >= 11 is 0. The van der Waals surface area contributed by atoms with Crippen molar-refractivity contribution >= 4 is 17.9 Å². The van der Waals surface area contributed by atoms with Gasteiger partial charge in [-0.15, -0.1) is 6.58 Å². The molecule has 4 N–H and O–H groups in total. The number of amides is 3. The summed E-state index contributed by atoms with van der Waals surface area (Å²) in [5.74, 6) is -0.796. The average molecular weight is 486 g/mol. The molecule has 0 aliphatic rings. The minimum Gasteiger partial charge on any atom is -0.465 e. The Hall–Kier alpha value is -4.39. The molecular formula is C29H31N3O4. The van der Waals surface area contributed by atoms with Gasteiger partial charge in [-0.2, -0.15) is 0 Å². The van der Waals surface area contributed by atoms with Crippen LogP contribution in [0.3, 0.4) is 0 Å². The average Bonchev–Trinajstić information content (AvgIpc) is 2.91. The molecule has 0 unspecified atom stereocenters. The predicted molar refractivity (Wildman–Crippen MR) is 139 cm³/mol. The van der Waals surface area contributed by atoms with Crippen molar-refractivity contribution in [1.82, 2.24) is 16.0 Å². The molecule has 0 bridgehead atoms. The lowest BCUT2D eigenvalue weighted by Crippen LogP contribution is -2.49. The zero-order valence-corrected chi connectivity index (χ0v) is 20.0. The first-order valence-electron chi connectivity index (χ1n) is 11.8. The lowest BCUT2D eigenvalue weighted by Gasteiger charge is -2.37. The Morgan fingerprint density at radius 1 is 0.833 bits per heavy atom. The van der Waals surface area contributed by atoms with Crippen molar-refractivity contribution < 1.29 is 19.5 Å². The molecule has 1 atom stereocenters. The Balaban J connectivity index is 1.91. The van der Waals surface area contributed by atoms with Crippen LogP contribution < -0.4 is 16.0 Å². The fraction of sp³-hybridized carbons (Fsp3) is 0.207. The van der Waals surface area contributed by atoms with Gasteiger partial charge in [0.05, 0.1) is 0 Å². The molecule has 186 valence electrons. The van der Waals surface area contributed by atoms with E-state index in [4.69, 9.17) is 0 Å². The van der Waals surface area contributed by atoms with Crippen molar-refractivity contribution in [3.63, 3.8) is 0 Å². The van der Waals surface area contributed by atoms with Crippen LogP contribution in [0.5, 0.6) is 0 Å². The van der Waals surface area contributed by atoms with Gasteiger partial charge in [-0.05, 0) is 29.5 Å². The van der Waals surface area contributed by atoms with Crippen molar-refractivity contribution in [3.05, 3.63) is 120 Å². The molecule has 0 heterocycles. The van der Waals surface area contributed by atoms with Gasteiger partial charge in [0.2, 0.25) is 11.8 Å². The second kappa shape index (κ2) is 12.9. The van der Waals surface area contributed by atoms with E-state index in [1.807, 2.05) is 91.0 Å². The molecule has 3 aromatic rings. The third-order valence-electron chi connectivity index (χ3n) is 5.87. The highest BCUT2D eigenvalue weighted by molar-refractivity contribution is 5.86. The van der Waals surface area contributed by atoms with E-state index in [2.05, 4.69) is 22.5 Å². The summed E-state index contributed by atoms with van der Waals surface area (Å²) in [6.07, 6.45) is 0.829. The maximum Gasteiger partial charge on any atom is 0.405 e. The van der Waals surface area contributed by atoms with E-state index in [1.165, 1.54) is 0 Å². The summed E-state index contributed by atoms with van der Waals surface area (Å²) in [5.41, 5.74) is 1.64. The third-order valence-corrected chi connectivity index (χ3v) is 5.87. The molecule has 0 saturated heterocycles. The number of carboxylic acid groups (broad SMARTS) is 1. The summed E-state index contributed by atoms with van der Waals surface area (Å²) in [6, 6.07) is 28.0. The summed E-state index contributed by atoms with van der Waals surface area (Å²) in [7, 11) is 0. The largest absolute Gasteiger partial charge is 0.465 e. The highest BCUT2D eigenvalue weighted by atomic mass is 16.4. The normalized spacial score (nSPS) is 11.7. The predicted octanol–water partition coefficient (Wildman–Crippen LogP) is 4.20. The van der Waals surface area contributed by atoms with E-state index < -0.39 is 23.6 Å². The molecule has 36 heavy (non-hydrogen) atoms. The van der Waals surface area contributed by atoms with E-state index in [-0.39, 0.29) is 18.7 Å². The van der Waals surface area contributed by atoms with E-state index in [0.717, 1.165) is 16.7 Å². The quantitative estimate of drug-likeness (QED) is 0.175. The van der Waals surface area contributed by atoms with E-state index in [0.29, 0.717) is 13.0 Å². The lowest BCUT2D eigenvalue weighted by molar-refractivity contribution is -0.124. The SMILES string of the molecule is C=CCCNC(=O)[C@H](CCC(=O)NC(c1ccccc1)(c1ccccc1)c1ccccc1)NC(=O)O. The second-order valence-corrected chi connectivity index (χ2v) is 8.31. The summed E-state index contributed by atoms with van der Waals surface area (Å²) in [5, 5.41) is 17.3. The van der Waals surface area contributed by atoms with Gasteiger partial charge in [0, 0.05) is 13.0 Å². The van der Waals surface area contributed by atoms with Gasteiger partial charge in [0.15, 0.2) is 0 Å². The molecule has 0 aliphatic heterocycles. The third kappa shape index (κ3) is 6.60. The number of benzene rings is 3. The summed E-state index contributed by atoms with van der Waals surface area (Å²) in [6.45, 7) is 3.94. The standard InChI is InChI=1S/C29H31N3O4/c1-2-3-21-30-27(34)25(31-28(35)36)19-20-26(33)32-29(22-13-7-4-8-14-22,23-15-9-5-10-16-23)24-17-11-6-12-18-24/h2,4-18,25,31H,1,3,19-21H2,(H,30,34)(H,32,33)(H,35,36)/t25-/m0/s1. The number of nitrogens with one attached hydrogen (secondary N) is 3. The van der Waals surface area contributed by atoms with Gasteiger partial charge in [0.25, 0.3) is 0 Å². The van der Waals surface area contributed by atoms with Crippen molar-refractivity contribution in [2.24, 2.45) is 0 Å². The topological polar surface area (TPSA) is 108 Å². The van der Waals surface area contributed by atoms with Gasteiger partial charge in [-0.25, -0.2) is 4.79 Å². The van der Waals surface area contributed by atoms with Gasteiger partial charge in [0.1, 0.15) is 11.6 Å². The Labute approximate surface area is 211 Å². The smallest absolute Gasteiger partial charge is 0.405 e. The van der Waals surface area contributed by atoms with Crippen LogP contribution in [0.4, 0.5) is 4.79 Å². The van der Waals surface area contributed by atoms with Crippen LogP contribution in [0, 0.1) is 0 Å². The molecular weight excluding hydrogens is 454 g/mol. The Morgan fingerprint density at radius 3 is 1.72 bits per heavy atom. The lowest BCUT2D eigenvalue weighted by atomic mass is 9.77. The van der Waals surface area contributed by atoms with E-state index >= 15 is 0 Å².